The van der Waals surface area contributed by atoms with E-state index in [1.165, 1.54) is 47.3 Å². The number of aromatic amines is 1. The van der Waals surface area contributed by atoms with Gasteiger partial charge in [-0.25, -0.2) is 9.78 Å². The van der Waals surface area contributed by atoms with Crippen molar-refractivity contribution in [2.75, 3.05) is 11.1 Å². The number of thiophene rings is 1. The molecule has 0 aliphatic heterocycles. The lowest BCUT2D eigenvalue weighted by molar-refractivity contribution is -0.113. The second-order valence-electron chi connectivity index (χ2n) is 6.84. The smallest absolute Gasteiger partial charge is 0.335 e. The van der Waals surface area contributed by atoms with Gasteiger partial charge in [-0.1, -0.05) is 18.2 Å². The van der Waals surface area contributed by atoms with Crippen molar-refractivity contribution in [1.82, 2.24) is 9.97 Å². The van der Waals surface area contributed by atoms with Crippen LogP contribution in [0.3, 0.4) is 0 Å². The lowest BCUT2D eigenvalue weighted by Gasteiger charge is -2.05. The van der Waals surface area contributed by atoms with Crippen LogP contribution >= 0.6 is 23.1 Å². The number of carboxylic acid groups (broad SMARTS) is 1. The van der Waals surface area contributed by atoms with E-state index in [9.17, 15) is 14.4 Å². The molecular weight excluding hydrogens is 410 g/mol. The number of benzene rings is 1. The number of aryl methyl sites for hydroxylation is 2. The number of hydrogen-bond acceptors (Lipinski definition) is 6. The number of rotatable bonds is 5. The normalized spacial score (nSPS) is 13.7. The minimum absolute atomic E-state index is 0.0835. The van der Waals surface area contributed by atoms with E-state index in [0.29, 0.717) is 16.2 Å². The van der Waals surface area contributed by atoms with Gasteiger partial charge in [0.1, 0.15) is 4.83 Å². The fourth-order valence-electron chi connectivity index (χ4n) is 3.42. The molecule has 150 valence electrons. The summed E-state index contributed by atoms with van der Waals surface area (Å²) in [6.07, 6.45) is 5.36. The van der Waals surface area contributed by atoms with Gasteiger partial charge < -0.3 is 15.4 Å². The molecule has 29 heavy (non-hydrogen) atoms. The zero-order valence-electron chi connectivity index (χ0n) is 15.5. The summed E-state index contributed by atoms with van der Waals surface area (Å²) in [5, 5.41) is 12.7. The fourth-order valence-corrected chi connectivity index (χ4v) is 5.40. The summed E-state index contributed by atoms with van der Waals surface area (Å²) in [6.45, 7) is 0. The van der Waals surface area contributed by atoms with Gasteiger partial charge in [0.2, 0.25) is 5.91 Å². The third-order valence-electron chi connectivity index (χ3n) is 4.81. The highest BCUT2D eigenvalue weighted by atomic mass is 32.2. The number of amides is 1. The Bertz CT molecular complexity index is 1140. The summed E-state index contributed by atoms with van der Waals surface area (Å²) < 4.78 is 0. The van der Waals surface area contributed by atoms with Crippen LogP contribution in [0.5, 0.6) is 0 Å². The molecule has 0 fully saturated rings. The highest BCUT2D eigenvalue weighted by Crippen LogP contribution is 2.33. The number of aromatic carboxylic acids is 1. The first-order chi connectivity index (χ1) is 14.0. The Morgan fingerprint density at radius 2 is 1.93 bits per heavy atom. The number of anilines is 1. The Hall–Kier alpha value is -2.65. The molecule has 1 aliphatic rings. The first-order valence-electron chi connectivity index (χ1n) is 9.32. The predicted molar refractivity (Wildman–Crippen MR) is 114 cm³/mol. The second kappa shape index (κ2) is 8.38. The van der Waals surface area contributed by atoms with Gasteiger partial charge in [-0.3, -0.25) is 9.59 Å². The number of H-pyrrole nitrogens is 1. The van der Waals surface area contributed by atoms with Crippen molar-refractivity contribution in [1.29, 1.82) is 0 Å². The fraction of sp³-hybridized carbons (Fsp3) is 0.300. The molecule has 7 nitrogen and oxygen atoms in total. The summed E-state index contributed by atoms with van der Waals surface area (Å²) in [4.78, 5) is 45.0. The van der Waals surface area contributed by atoms with E-state index in [1.54, 1.807) is 11.3 Å². The number of carbonyl (C=O) groups is 2. The third kappa shape index (κ3) is 4.35. The van der Waals surface area contributed by atoms with Gasteiger partial charge in [-0.2, -0.15) is 0 Å². The second-order valence-corrected chi connectivity index (χ2v) is 8.88. The van der Waals surface area contributed by atoms with Gasteiger partial charge >= 0.3 is 5.97 Å². The molecular formula is C20H19N3O4S2. The van der Waals surface area contributed by atoms with Crippen molar-refractivity contribution >= 4 is 50.9 Å². The van der Waals surface area contributed by atoms with Crippen LogP contribution in [-0.2, 0) is 17.6 Å². The molecule has 0 atom stereocenters. The molecule has 3 N–H and O–H groups in total. The molecule has 2 aromatic heterocycles. The van der Waals surface area contributed by atoms with Crippen LogP contribution in [0.2, 0.25) is 0 Å². The van der Waals surface area contributed by atoms with Gasteiger partial charge in [-0.05, 0) is 55.5 Å². The number of fused-ring (bicyclic) bond motifs is 3. The quantitative estimate of drug-likeness (QED) is 0.324. The van der Waals surface area contributed by atoms with Crippen molar-refractivity contribution < 1.29 is 14.7 Å². The third-order valence-corrected chi connectivity index (χ3v) is 6.87. The van der Waals surface area contributed by atoms with Crippen LogP contribution in [0, 0.1) is 0 Å². The van der Waals surface area contributed by atoms with Gasteiger partial charge in [-0.15, -0.1) is 11.3 Å². The van der Waals surface area contributed by atoms with Crippen molar-refractivity contribution in [3.63, 3.8) is 0 Å². The summed E-state index contributed by atoms with van der Waals surface area (Å²) in [5.74, 6) is -1.20. The topological polar surface area (TPSA) is 112 Å². The first-order valence-corrected chi connectivity index (χ1v) is 11.1. The maximum Gasteiger partial charge on any atom is 0.335 e. The van der Waals surface area contributed by atoms with Crippen LogP contribution in [0.25, 0.3) is 10.2 Å². The standard InChI is InChI=1S/C20H19N3O4S2/c24-15(21-12-8-6-11(7-9-12)19(26)27)10-28-20-22-17(25)16-13-4-2-1-3-5-14(13)29-18(16)23-20/h6-9H,1-5,10H2,(H,21,24)(H,26,27)(H,22,23,25). The number of carboxylic acids is 1. The largest absolute Gasteiger partial charge is 0.478 e. The van der Waals surface area contributed by atoms with Crippen molar-refractivity contribution in [2.45, 2.75) is 37.3 Å². The Kier molecular flexibility index (Phi) is 5.68. The lowest BCUT2D eigenvalue weighted by Crippen LogP contribution is -2.15. The van der Waals surface area contributed by atoms with Crippen molar-refractivity contribution in [2.24, 2.45) is 0 Å². The average molecular weight is 430 g/mol. The number of hydrogen-bond donors (Lipinski definition) is 3. The van der Waals surface area contributed by atoms with Gasteiger partial charge in [0, 0.05) is 10.6 Å². The molecule has 0 bridgehead atoms. The summed E-state index contributed by atoms with van der Waals surface area (Å²) in [5.41, 5.74) is 1.68. The molecule has 0 saturated heterocycles. The summed E-state index contributed by atoms with van der Waals surface area (Å²) in [7, 11) is 0. The Morgan fingerprint density at radius 3 is 2.69 bits per heavy atom. The van der Waals surface area contributed by atoms with E-state index < -0.39 is 5.97 Å². The number of carbonyl (C=O) groups excluding carboxylic acids is 1. The maximum atomic E-state index is 12.6. The van der Waals surface area contributed by atoms with Gasteiger partial charge in [0.05, 0.1) is 16.7 Å². The predicted octanol–water partition coefficient (Wildman–Crippen LogP) is 3.68. The van der Waals surface area contributed by atoms with Crippen LogP contribution < -0.4 is 10.9 Å². The SMILES string of the molecule is O=C(CSc1nc2sc3c(c2c(=O)[nH]1)CCCCC3)Nc1ccc(C(=O)O)cc1. The van der Waals surface area contributed by atoms with Crippen LogP contribution in [-0.4, -0.2) is 32.7 Å². The van der Waals surface area contributed by atoms with E-state index in [1.807, 2.05) is 0 Å². The molecule has 4 rings (SSSR count). The number of nitrogens with one attached hydrogen (secondary N) is 2. The monoisotopic (exact) mass is 429 g/mol. The summed E-state index contributed by atoms with van der Waals surface area (Å²) >= 11 is 2.76. The Morgan fingerprint density at radius 1 is 1.17 bits per heavy atom. The number of nitrogens with zero attached hydrogens (tertiary/aromatic N) is 1. The molecule has 1 aliphatic carbocycles. The van der Waals surface area contributed by atoms with Crippen molar-refractivity contribution in [3.8, 4) is 0 Å². The molecule has 0 radical (unpaired) electrons. The lowest BCUT2D eigenvalue weighted by atomic mass is 10.1. The first kappa shape index (κ1) is 19.7. The number of aromatic nitrogens is 2. The van der Waals surface area contributed by atoms with Gasteiger partial charge in [0.25, 0.3) is 5.56 Å². The minimum Gasteiger partial charge on any atom is -0.478 e. The molecule has 0 saturated carbocycles. The van der Waals surface area contributed by atoms with E-state index >= 15 is 0 Å². The van der Waals surface area contributed by atoms with Gasteiger partial charge in [0.15, 0.2) is 5.16 Å². The van der Waals surface area contributed by atoms with Crippen molar-refractivity contribution in [3.05, 3.63) is 50.6 Å². The van der Waals surface area contributed by atoms with E-state index in [0.717, 1.165) is 36.1 Å². The molecule has 3 aromatic rings. The maximum absolute atomic E-state index is 12.6. The van der Waals surface area contributed by atoms with Crippen LogP contribution in [0.1, 0.15) is 40.1 Å². The molecule has 2 heterocycles. The van der Waals surface area contributed by atoms with E-state index in [4.69, 9.17) is 5.11 Å². The van der Waals surface area contributed by atoms with E-state index in [-0.39, 0.29) is 22.8 Å². The highest BCUT2D eigenvalue weighted by molar-refractivity contribution is 7.99. The average Bonchev–Trinajstić information content (AvgIpc) is 2.89. The zero-order valence-corrected chi connectivity index (χ0v) is 17.1. The molecule has 9 heteroatoms. The molecule has 0 spiro atoms. The molecule has 1 amide bonds. The highest BCUT2D eigenvalue weighted by Gasteiger charge is 2.19. The minimum atomic E-state index is -1.02. The van der Waals surface area contributed by atoms with Crippen LogP contribution in [0.15, 0.2) is 34.2 Å². The molecule has 1 aromatic carbocycles. The van der Waals surface area contributed by atoms with E-state index in [2.05, 4.69) is 15.3 Å². The Labute approximate surface area is 174 Å². The summed E-state index contributed by atoms with van der Waals surface area (Å²) in [6, 6.07) is 5.94. The molecule has 0 unspecified atom stereocenters. The van der Waals surface area contributed by atoms with Crippen LogP contribution in [0.4, 0.5) is 5.69 Å². The Balaban J connectivity index is 1.44. The number of thioether (sulfide) groups is 1. The zero-order chi connectivity index (χ0) is 20.4.